The average molecular weight is 909 g/mol. The lowest BCUT2D eigenvalue weighted by Gasteiger charge is -2.38. The predicted molar refractivity (Wildman–Crippen MR) is 239 cm³/mol. The molecular weight excluding hydrogens is 854 g/mol. The van der Waals surface area contributed by atoms with Crippen LogP contribution in [0.2, 0.25) is 0 Å². The number of benzene rings is 1. The van der Waals surface area contributed by atoms with E-state index in [9.17, 15) is 23.2 Å². The van der Waals surface area contributed by atoms with Gasteiger partial charge in [-0.2, -0.15) is 15.3 Å². The summed E-state index contributed by atoms with van der Waals surface area (Å²) in [6.45, 7) is 6.49. The minimum absolute atomic E-state index is 0.0316. The van der Waals surface area contributed by atoms with Gasteiger partial charge >= 0.3 is 0 Å². The van der Waals surface area contributed by atoms with Crippen molar-refractivity contribution in [3.63, 3.8) is 0 Å². The molecular formula is C47H55F3N12O4. The van der Waals surface area contributed by atoms with Gasteiger partial charge in [0.05, 0.1) is 46.7 Å². The summed E-state index contributed by atoms with van der Waals surface area (Å²) in [5, 5.41) is 19.1. The molecule has 16 nitrogen and oxygen atoms in total. The number of hydrogen-bond donors (Lipinski definition) is 2. The predicted octanol–water partition coefficient (Wildman–Crippen LogP) is 5.27. The highest BCUT2D eigenvalue weighted by atomic mass is 19.3. The first-order chi connectivity index (χ1) is 32.0. The van der Waals surface area contributed by atoms with Crippen LogP contribution in [0.1, 0.15) is 103 Å². The third kappa shape index (κ3) is 9.40. The lowest BCUT2D eigenvalue weighted by atomic mass is 9.85. The van der Waals surface area contributed by atoms with E-state index in [1.54, 1.807) is 22.6 Å². The maximum Gasteiger partial charge on any atom is 0.284 e. The number of hydrogen-bond acceptors (Lipinski definition) is 11. The van der Waals surface area contributed by atoms with Gasteiger partial charge in [-0.15, -0.1) is 0 Å². The molecule has 3 atom stereocenters. The highest BCUT2D eigenvalue weighted by Gasteiger charge is 2.35. The number of fused-ring (bicyclic) bond motifs is 2. The van der Waals surface area contributed by atoms with Gasteiger partial charge in [0, 0.05) is 83.6 Å². The van der Waals surface area contributed by atoms with Gasteiger partial charge in [-0.05, 0) is 75.3 Å². The Bertz CT molecular complexity index is 2670. The zero-order valence-electron chi connectivity index (χ0n) is 37.0. The van der Waals surface area contributed by atoms with Crippen LogP contribution in [-0.2, 0) is 21.4 Å². The number of nitrogens with zero attached hydrogens (tertiary/aromatic N) is 10. The van der Waals surface area contributed by atoms with Gasteiger partial charge in [0.15, 0.2) is 11.3 Å². The Morgan fingerprint density at radius 3 is 2.47 bits per heavy atom. The molecule has 5 fully saturated rings. The molecule has 348 valence electrons. The van der Waals surface area contributed by atoms with Crippen molar-refractivity contribution in [3.05, 3.63) is 65.4 Å². The number of aryl methyl sites for hydroxylation is 1. The second-order valence-electron chi connectivity index (χ2n) is 18.6. The van der Waals surface area contributed by atoms with Crippen molar-refractivity contribution in [3.8, 4) is 11.8 Å². The molecule has 0 spiro atoms. The van der Waals surface area contributed by atoms with Crippen molar-refractivity contribution in [1.82, 2.24) is 49.3 Å². The van der Waals surface area contributed by atoms with Crippen molar-refractivity contribution >= 4 is 45.8 Å². The van der Waals surface area contributed by atoms with Gasteiger partial charge in [0.2, 0.25) is 11.8 Å². The van der Waals surface area contributed by atoms with Gasteiger partial charge in [-0.25, -0.2) is 22.7 Å². The van der Waals surface area contributed by atoms with E-state index in [0.29, 0.717) is 42.2 Å². The Labute approximate surface area is 380 Å². The molecule has 2 aliphatic carbocycles. The minimum atomic E-state index is -2.89. The summed E-state index contributed by atoms with van der Waals surface area (Å²) in [5.74, 6) is 6.39. The number of alkyl halides is 3. The number of carbonyl (C=O) groups excluding carboxylic acids is 3. The molecule has 2 N–H and O–H groups in total. The second kappa shape index (κ2) is 18.8. The van der Waals surface area contributed by atoms with E-state index in [-0.39, 0.29) is 48.7 Å². The molecule has 0 bridgehead atoms. The number of carbonyl (C=O) groups is 3. The lowest BCUT2D eigenvalue weighted by Crippen LogP contribution is -2.47. The summed E-state index contributed by atoms with van der Waals surface area (Å²) in [5.41, 5.74) is 2.15. The number of anilines is 2. The molecule has 2 saturated carbocycles. The number of nitrogens with one attached hydrogen (secondary N) is 2. The standard InChI is InChI=1S/C47H55F3N12O4/c1-57-43-31(4-2-6-33(43)41(55-57)34-13-14-40(63)54-46(34)64)5-3-23-66-38-15-17-59(27-36(38)48)26-30-9-11-32(12-10-30)62-28-37(42(56-62)44(49)50)52-47(65)35-24-51-61-18-16-39(53-45(35)61)60-21-19-58(20-22-60)25-29-7-8-29/h2,4,6,16,18,24,28-30,32,34,36,38,44H,7-15,17,19-23,25-27H2,1H3,(H,52,65)(H,54,63,64)/t30-,32-,34?,36-,38+/m0/s1. The van der Waals surface area contributed by atoms with E-state index in [4.69, 9.17) is 9.72 Å². The van der Waals surface area contributed by atoms with Crippen LogP contribution in [-0.4, -0.2) is 133 Å². The van der Waals surface area contributed by atoms with Crippen LogP contribution >= 0.6 is 0 Å². The molecule has 4 aromatic heterocycles. The molecule has 5 aromatic rings. The van der Waals surface area contributed by atoms with E-state index in [1.165, 1.54) is 29.8 Å². The topological polar surface area (TPSA) is 160 Å². The minimum Gasteiger partial charge on any atom is -0.362 e. The quantitative estimate of drug-likeness (QED) is 0.124. The molecule has 3 saturated heterocycles. The molecule has 66 heavy (non-hydrogen) atoms. The van der Waals surface area contributed by atoms with E-state index in [2.05, 4.69) is 52.5 Å². The fraction of sp³-hybridized carbons (Fsp3) is 0.553. The summed E-state index contributed by atoms with van der Waals surface area (Å²) in [4.78, 5) is 49.5. The average Bonchev–Trinajstić information content (AvgIpc) is 3.69. The molecule has 3 amide bonds. The van der Waals surface area contributed by atoms with Crippen molar-refractivity contribution in [2.45, 2.75) is 88.4 Å². The Morgan fingerprint density at radius 1 is 0.955 bits per heavy atom. The molecule has 10 rings (SSSR count). The highest BCUT2D eigenvalue weighted by Crippen LogP contribution is 2.37. The second-order valence-corrected chi connectivity index (χ2v) is 18.6. The number of piperidine rings is 2. The first-order valence-corrected chi connectivity index (χ1v) is 23.3. The van der Waals surface area contributed by atoms with Crippen LogP contribution in [0.5, 0.6) is 0 Å². The van der Waals surface area contributed by atoms with E-state index in [1.807, 2.05) is 24.3 Å². The van der Waals surface area contributed by atoms with Crippen molar-refractivity contribution in [2.24, 2.45) is 18.9 Å². The zero-order chi connectivity index (χ0) is 45.5. The summed E-state index contributed by atoms with van der Waals surface area (Å²) in [6.07, 6.45) is 7.03. The van der Waals surface area contributed by atoms with Gasteiger partial charge in [0.25, 0.3) is 12.3 Å². The van der Waals surface area contributed by atoms with Crippen molar-refractivity contribution in [2.75, 3.05) is 69.2 Å². The zero-order valence-corrected chi connectivity index (χ0v) is 37.0. The van der Waals surface area contributed by atoms with Gasteiger partial charge in [0.1, 0.15) is 24.2 Å². The summed E-state index contributed by atoms with van der Waals surface area (Å²) in [7, 11) is 1.80. The van der Waals surface area contributed by atoms with Gasteiger partial charge < -0.3 is 15.0 Å². The maximum absolute atomic E-state index is 15.5. The fourth-order valence-electron chi connectivity index (χ4n) is 10.3. The third-order valence-corrected chi connectivity index (χ3v) is 14.1. The van der Waals surface area contributed by atoms with Crippen LogP contribution in [0, 0.1) is 23.7 Å². The SMILES string of the molecule is Cn1nc(C2CCC(=O)NC2=O)c2cccc(C#CCO[C@@H]3CCN(C[C@H]4CC[C@H](n5cc(NC(=O)c6cnn7ccc(N8CCN(CC9CC9)CC8)nc67)c(C(F)F)n5)CC4)C[C@@H]3F)c21. The van der Waals surface area contributed by atoms with Crippen LogP contribution in [0.3, 0.4) is 0 Å². The normalized spacial score (nSPS) is 24.5. The van der Waals surface area contributed by atoms with Crippen LogP contribution in [0.25, 0.3) is 16.6 Å². The number of aromatic nitrogens is 7. The van der Waals surface area contributed by atoms with Crippen LogP contribution in [0.4, 0.5) is 24.7 Å². The van der Waals surface area contributed by atoms with E-state index in [0.717, 1.165) is 87.6 Å². The van der Waals surface area contributed by atoms with Crippen LogP contribution < -0.4 is 15.5 Å². The largest absolute Gasteiger partial charge is 0.362 e. The fourth-order valence-corrected chi connectivity index (χ4v) is 10.3. The number of halogens is 3. The molecule has 3 aliphatic heterocycles. The van der Waals surface area contributed by atoms with E-state index >= 15 is 4.39 Å². The first kappa shape index (κ1) is 44.0. The van der Waals surface area contributed by atoms with Crippen LogP contribution in [0.15, 0.2) is 42.9 Å². The molecule has 1 unspecified atom stereocenters. The Morgan fingerprint density at radius 2 is 1.73 bits per heavy atom. The number of ether oxygens (including phenoxy) is 1. The maximum atomic E-state index is 15.5. The summed E-state index contributed by atoms with van der Waals surface area (Å²) < 4.78 is 54.9. The molecule has 19 heteroatoms. The lowest BCUT2D eigenvalue weighted by molar-refractivity contribution is -0.134. The van der Waals surface area contributed by atoms with Crippen molar-refractivity contribution in [1.29, 1.82) is 0 Å². The first-order valence-electron chi connectivity index (χ1n) is 23.3. The number of amides is 3. The molecule has 5 aliphatic rings. The third-order valence-electron chi connectivity index (χ3n) is 14.1. The Balaban J connectivity index is 0.697. The Hall–Kier alpha value is -5.84. The number of imide groups is 1. The molecule has 0 radical (unpaired) electrons. The van der Waals surface area contributed by atoms with E-state index < -0.39 is 36.2 Å². The number of piperazine rings is 1. The summed E-state index contributed by atoms with van der Waals surface area (Å²) >= 11 is 0. The Kier molecular flexibility index (Phi) is 12.5. The number of rotatable bonds is 12. The smallest absolute Gasteiger partial charge is 0.284 e. The number of para-hydroxylation sites is 1. The summed E-state index contributed by atoms with van der Waals surface area (Å²) in [6, 6.07) is 7.41. The monoisotopic (exact) mass is 908 g/mol. The number of likely N-dealkylation sites (tertiary alicyclic amines) is 1. The highest BCUT2D eigenvalue weighted by molar-refractivity contribution is 6.08. The van der Waals surface area contributed by atoms with Crippen molar-refractivity contribution < 1.29 is 32.3 Å². The van der Waals surface area contributed by atoms with Gasteiger partial charge in [-0.1, -0.05) is 24.0 Å². The molecule has 7 heterocycles. The molecule has 1 aromatic carbocycles. The van der Waals surface area contributed by atoms with Gasteiger partial charge in [-0.3, -0.25) is 38.9 Å².